The lowest BCUT2D eigenvalue weighted by Crippen LogP contribution is -2.43. The van der Waals surface area contributed by atoms with E-state index >= 15 is 0 Å². The van der Waals surface area contributed by atoms with Crippen molar-refractivity contribution in [2.24, 2.45) is 0 Å². The van der Waals surface area contributed by atoms with Gasteiger partial charge >= 0.3 is 0 Å². The molecule has 0 aliphatic carbocycles. The predicted octanol–water partition coefficient (Wildman–Crippen LogP) is 14.0. The first-order valence-corrected chi connectivity index (χ1v) is 28.4. The number of ketones is 1. The third kappa shape index (κ3) is 10.3. The minimum Gasteiger partial charge on any atom is -0.544 e. The van der Waals surface area contributed by atoms with Crippen LogP contribution >= 0.6 is 15.9 Å². The maximum atomic E-state index is 14.8. The molecule has 0 aliphatic rings. The fraction of sp³-hybridized carbons (Fsp3) is 0.413. The summed E-state index contributed by atoms with van der Waals surface area (Å²) < 4.78 is 20.8. The van der Waals surface area contributed by atoms with E-state index < -0.39 is 25.0 Å². The van der Waals surface area contributed by atoms with Gasteiger partial charge in [0.05, 0.1) is 6.61 Å². The molecule has 54 heavy (non-hydrogen) atoms. The molecule has 0 bridgehead atoms. The molecule has 4 aromatic rings. The second-order valence-electron chi connectivity index (χ2n) is 18.9. The Labute approximate surface area is 338 Å². The first-order valence-electron chi connectivity index (χ1n) is 18.9. The predicted molar refractivity (Wildman–Crippen MR) is 240 cm³/mol. The molecule has 0 N–H and O–H groups in total. The molecule has 4 nitrogen and oxygen atoms in total. The van der Waals surface area contributed by atoms with E-state index in [1.807, 2.05) is 60.7 Å². The molecular formula is C46H61BrO4Si3. The molecule has 288 valence electrons. The number of hydrogen-bond donors (Lipinski definition) is 0. The third-order valence-electron chi connectivity index (χ3n) is 11.7. The minimum absolute atomic E-state index is 0.0251. The molecule has 0 aliphatic heterocycles. The van der Waals surface area contributed by atoms with E-state index in [2.05, 4.69) is 154 Å². The second kappa shape index (κ2) is 16.1. The topological polar surface area (TPSA) is 44.8 Å². The SMILES string of the molecule is CC(C)(C)[Si](C)(C)OCc1ccc(-c2ccc(O[Si](C)(C)C(C)(C)C)cc2)c(C(=O)c2ccc(Br)cc2)c1C#Cc1ccc(O[Si](C)(C)C(C)(C)C)cc1. The van der Waals surface area contributed by atoms with Gasteiger partial charge in [0.1, 0.15) is 11.5 Å². The molecule has 0 atom stereocenters. The summed E-state index contributed by atoms with van der Waals surface area (Å²) in [6, 6.07) is 27.9. The van der Waals surface area contributed by atoms with E-state index in [4.69, 9.17) is 13.3 Å². The first kappa shape index (κ1) is 43.5. The van der Waals surface area contributed by atoms with Gasteiger partial charge in [0.15, 0.2) is 14.1 Å². The van der Waals surface area contributed by atoms with Crippen LogP contribution in [0.1, 0.15) is 94.9 Å². The van der Waals surface area contributed by atoms with Gasteiger partial charge in [-0.3, -0.25) is 4.79 Å². The summed E-state index contributed by atoms with van der Waals surface area (Å²) in [6.45, 7) is 34.0. The number of hydrogen-bond acceptors (Lipinski definition) is 4. The van der Waals surface area contributed by atoms with Crippen LogP contribution in [0.15, 0.2) is 89.4 Å². The largest absolute Gasteiger partial charge is 0.544 e. The molecule has 0 aromatic heterocycles. The molecule has 0 saturated heterocycles. The Morgan fingerprint density at radius 1 is 0.593 bits per heavy atom. The quantitative estimate of drug-likeness (QED) is 0.0906. The van der Waals surface area contributed by atoms with Gasteiger partial charge in [-0.15, -0.1) is 0 Å². The van der Waals surface area contributed by atoms with Crippen LogP contribution in [-0.2, 0) is 11.0 Å². The highest BCUT2D eigenvalue weighted by molar-refractivity contribution is 9.10. The normalized spacial score (nSPS) is 12.9. The van der Waals surface area contributed by atoms with Crippen molar-refractivity contribution >= 4 is 46.7 Å². The highest BCUT2D eigenvalue weighted by Crippen LogP contribution is 2.41. The Morgan fingerprint density at radius 3 is 1.52 bits per heavy atom. The van der Waals surface area contributed by atoms with Crippen LogP contribution in [0.3, 0.4) is 0 Å². The van der Waals surface area contributed by atoms with Gasteiger partial charge in [0, 0.05) is 26.7 Å². The first-order chi connectivity index (χ1) is 24.7. The molecular weight excluding hydrogens is 781 g/mol. The van der Waals surface area contributed by atoms with Crippen LogP contribution in [0.2, 0.25) is 54.4 Å². The zero-order valence-electron chi connectivity index (χ0n) is 35.3. The molecule has 4 rings (SSSR count). The van der Waals surface area contributed by atoms with Crippen molar-refractivity contribution in [2.45, 2.75) is 123 Å². The van der Waals surface area contributed by atoms with Crippen molar-refractivity contribution in [3.8, 4) is 34.5 Å². The van der Waals surface area contributed by atoms with Crippen molar-refractivity contribution in [3.05, 3.63) is 117 Å². The average molecular weight is 842 g/mol. The fourth-order valence-electron chi connectivity index (χ4n) is 4.94. The molecule has 0 unspecified atom stereocenters. The molecule has 8 heteroatoms. The molecule has 4 aromatic carbocycles. The van der Waals surface area contributed by atoms with Crippen molar-refractivity contribution in [2.75, 3.05) is 0 Å². The maximum absolute atomic E-state index is 14.8. The van der Waals surface area contributed by atoms with Crippen molar-refractivity contribution < 1.29 is 18.1 Å². The average Bonchev–Trinajstić information content (AvgIpc) is 3.05. The van der Waals surface area contributed by atoms with Crippen LogP contribution in [-0.4, -0.2) is 30.7 Å². The van der Waals surface area contributed by atoms with Gasteiger partial charge < -0.3 is 13.3 Å². The van der Waals surface area contributed by atoms with Crippen LogP contribution in [0.5, 0.6) is 11.5 Å². The van der Waals surface area contributed by atoms with Crippen molar-refractivity contribution in [1.29, 1.82) is 0 Å². The van der Waals surface area contributed by atoms with Gasteiger partial charge in [0.2, 0.25) is 16.6 Å². The fourth-order valence-corrected chi connectivity index (χ4v) is 8.22. The van der Waals surface area contributed by atoms with E-state index in [1.54, 1.807) is 0 Å². The second-order valence-corrected chi connectivity index (χ2v) is 34.1. The minimum atomic E-state index is -2.13. The number of benzene rings is 4. The molecule has 0 radical (unpaired) electrons. The van der Waals surface area contributed by atoms with Crippen molar-refractivity contribution in [1.82, 2.24) is 0 Å². The summed E-state index contributed by atoms with van der Waals surface area (Å²) in [5, 5.41) is 0.191. The molecule has 0 amide bonds. The highest BCUT2D eigenvalue weighted by atomic mass is 79.9. The summed E-state index contributed by atoms with van der Waals surface area (Å²) in [5.74, 6) is 8.52. The smallest absolute Gasteiger partial charge is 0.250 e. The Bertz CT molecular complexity index is 2000. The van der Waals surface area contributed by atoms with Gasteiger partial charge in [-0.1, -0.05) is 114 Å². The summed E-state index contributed by atoms with van der Waals surface area (Å²) in [4.78, 5) is 14.8. The standard InChI is InChI=1S/C46H61BrO4Si3/c1-44(2,3)52(10,11)49-32-36-23-31-40(34-21-28-39(29-22-34)51-54(14,15)46(7,8)9)42(43(48)35-19-24-37(47)25-20-35)41(36)30-18-33-16-26-38(27-17-33)50-53(12,13)45(4,5)6/h16-17,19-29,31H,32H2,1-15H3. The lowest BCUT2D eigenvalue weighted by Gasteiger charge is -2.36. The van der Waals surface area contributed by atoms with Gasteiger partial charge in [-0.25, -0.2) is 0 Å². The lowest BCUT2D eigenvalue weighted by atomic mass is 9.87. The molecule has 0 saturated carbocycles. The van der Waals surface area contributed by atoms with E-state index in [0.29, 0.717) is 23.3 Å². The summed E-state index contributed by atoms with van der Waals surface area (Å²) >= 11 is 3.54. The number of carbonyl (C=O) groups is 1. The van der Waals surface area contributed by atoms with E-state index in [9.17, 15) is 4.79 Å². The Morgan fingerprint density at radius 2 is 1.06 bits per heavy atom. The summed E-state index contributed by atoms with van der Waals surface area (Å²) in [6.07, 6.45) is 0. The zero-order valence-corrected chi connectivity index (χ0v) is 39.9. The molecule has 0 spiro atoms. The van der Waals surface area contributed by atoms with Crippen LogP contribution in [0.25, 0.3) is 11.1 Å². The number of rotatable bonds is 10. The molecule has 0 heterocycles. The number of halogens is 1. The van der Waals surface area contributed by atoms with E-state index in [-0.39, 0.29) is 20.9 Å². The van der Waals surface area contributed by atoms with E-state index in [1.165, 1.54) is 0 Å². The Balaban J connectivity index is 1.90. The maximum Gasteiger partial charge on any atom is 0.250 e. The van der Waals surface area contributed by atoms with Crippen LogP contribution in [0, 0.1) is 11.8 Å². The van der Waals surface area contributed by atoms with Gasteiger partial charge in [-0.2, -0.15) is 0 Å². The lowest BCUT2D eigenvalue weighted by molar-refractivity contribution is 0.103. The zero-order chi connectivity index (χ0) is 40.5. The Kier molecular flexibility index (Phi) is 13.0. The molecule has 0 fully saturated rings. The van der Waals surface area contributed by atoms with E-state index in [0.717, 1.165) is 38.2 Å². The highest BCUT2D eigenvalue weighted by Gasteiger charge is 2.40. The van der Waals surface area contributed by atoms with Crippen LogP contribution < -0.4 is 8.85 Å². The van der Waals surface area contributed by atoms with Crippen LogP contribution in [0.4, 0.5) is 0 Å². The third-order valence-corrected chi connectivity index (χ3v) is 25.5. The van der Waals surface area contributed by atoms with Crippen molar-refractivity contribution in [3.63, 3.8) is 0 Å². The monoisotopic (exact) mass is 840 g/mol. The number of carbonyl (C=O) groups excluding carboxylic acids is 1. The summed E-state index contributed by atoms with van der Waals surface area (Å²) in [7, 11) is -6.16. The van der Waals surface area contributed by atoms with Gasteiger partial charge in [-0.05, 0) is 132 Å². The summed E-state index contributed by atoms with van der Waals surface area (Å²) in [5.41, 5.74) is 5.32. The Hall–Kier alpha value is -3.20. The van der Waals surface area contributed by atoms with Gasteiger partial charge in [0.25, 0.3) is 0 Å².